The fourth-order valence-corrected chi connectivity index (χ4v) is 3.73. The Morgan fingerprint density at radius 2 is 2.00 bits per heavy atom. The molecule has 2 heterocycles. The van der Waals surface area contributed by atoms with Crippen molar-refractivity contribution in [1.29, 1.82) is 0 Å². The van der Waals surface area contributed by atoms with Crippen molar-refractivity contribution in [3.05, 3.63) is 69.9 Å². The minimum absolute atomic E-state index is 0.156. The van der Waals surface area contributed by atoms with E-state index in [9.17, 15) is 9.90 Å². The van der Waals surface area contributed by atoms with Gasteiger partial charge in [0, 0.05) is 30.3 Å². The number of likely N-dealkylation sites (N-methyl/N-ethyl adjacent to an activating group) is 1. The molecule has 0 fully saturated rings. The Labute approximate surface area is 163 Å². The van der Waals surface area contributed by atoms with Gasteiger partial charge in [-0.25, -0.2) is 0 Å². The van der Waals surface area contributed by atoms with Gasteiger partial charge in [0.2, 0.25) is 0 Å². The monoisotopic (exact) mass is 377 g/mol. The fraction of sp³-hybridized carbons (Fsp3) is 0.261. The summed E-state index contributed by atoms with van der Waals surface area (Å²) in [5, 5.41) is 10.4. The first kappa shape index (κ1) is 18.5. The van der Waals surface area contributed by atoms with Crippen molar-refractivity contribution in [1.82, 2.24) is 4.90 Å². The lowest BCUT2D eigenvalue weighted by atomic mass is 9.92. The fourth-order valence-electron chi connectivity index (χ4n) is 3.73. The zero-order valence-corrected chi connectivity index (χ0v) is 16.1. The molecule has 0 bridgehead atoms. The van der Waals surface area contributed by atoms with Gasteiger partial charge in [-0.05, 0) is 30.7 Å². The molecule has 0 saturated heterocycles. The molecule has 0 amide bonds. The molecule has 0 spiro atoms. The normalized spacial score (nSPS) is 14.9. The number of aliphatic hydroxyl groups excluding tert-OH is 1. The van der Waals surface area contributed by atoms with Crippen molar-refractivity contribution >= 4 is 16.5 Å². The van der Waals surface area contributed by atoms with Gasteiger partial charge in [-0.2, -0.15) is 0 Å². The van der Waals surface area contributed by atoms with Gasteiger partial charge in [0.25, 0.3) is 0 Å². The number of fused-ring (bicyclic) bond motifs is 1. The van der Waals surface area contributed by atoms with Crippen LogP contribution in [0.1, 0.15) is 17.5 Å². The van der Waals surface area contributed by atoms with E-state index in [-0.39, 0.29) is 12.0 Å². The summed E-state index contributed by atoms with van der Waals surface area (Å²) < 4.78 is 11.7. The highest BCUT2D eigenvalue weighted by Gasteiger charge is 2.22. The van der Waals surface area contributed by atoms with Crippen molar-refractivity contribution in [3.63, 3.8) is 0 Å². The lowest BCUT2D eigenvalue weighted by Gasteiger charge is -2.24. The summed E-state index contributed by atoms with van der Waals surface area (Å²) >= 11 is 0. The number of hydrogen-bond acceptors (Lipinski definition) is 5. The molecule has 5 nitrogen and oxygen atoms in total. The van der Waals surface area contributed by atoms with Gasteiger partial charge in [-0.3, -0.25) is 4.79 Å². The van der Waals surface area contributed by atoms with Gasteiger partial charge < -0.3 is 19.2 Å². The van der Waals surface area contributed by atoms with Crippen LogP contribution in [-0.4, -0.2) is 37.3 Å². The van der Waals surface area contributed by atoms with E-state index in [1.54, 1.807) is 6.07 Å². The van der Waals surface area contributed by atoms with Crippen molar-refractivity contribution in [2.45, 2.75) is 13.0 Å². The predicted octanol–water partition coefficient (Wildman–Crippen LogP) is 3.68. The maximum Gasteiger partial charge on any atom is 0.197 e. The molecule has 2 aromatic carbocycles. The summed E-state index contributed by atoms with van der Waals surface area (Å²) in [5.74, 6) is 0.926. The van der Waals surface area contributed by atoms with Crippen LogP contribution in [0.5, 0.6) is 5.75 Å². The first-order valence-corrected chi connectivity index (χ1v) is 9.34. The maximum atomic E-state index is 13.0. The number of nitrogens with zero attached hydrogens (tertiary/aromatic N) is 1. The molecule has 28 heavy (non-hydrogen) atoms. The quantitative estimate of drug-likeness (QED) is 0.751. The van der Waals surface area contributed by atoms with Gasteiger partial charge in [0.05, 0.1) is 13.7 Å². The summed E-state index contributed by atoms with van der Waals surface area (Å²) in [7, 11) is 3.59. The van der Waals surface area contributed by atoms with Gasteiger partial charge in [0.1, 0.15) is 22.5 Å². The van der Waals surface area contributed by atoms with Crippen LogP contribution < -0.4 is 10.2 Å². The van der Waals surface area contributed by atoms with Gasteiger partial charge in [-0.1, -0.05) is 36.4 Å². The molecule has 1 N–H and O–H groups in total. The minimum Gasteiger partial charge on any atom is -0.496 e. The number of hydrogen-bond donors (Lipinski definition) is 1. The van der Waals surface area contributed by atoms with Crippen molar-refractivity contribution in [2.24, 2.45) is 0 Å². The third kappa shape index (κ3) is 3.23. The highest BCUT2D eigenvalue weighted by Crippen LogP contribution is 2.37. The molecule has 144 valence electrons. The van der Waals surface area contributed by atoms with Crippen molar-refractivity contribution < 1.29 is 14.3 Å². The Balaban J connectivity index is 2.06. The van der Waals surface area contributed by atoms with Gasteiger partial charge >= 0.3 is 0 Å². The largest absolute Gasteiger partial charge is 0.496 e. The molecule has 0 unspecified atom stereocenters. The van der Waals surface area contributed by atoms with E-state index in [1.807, 2.05) is 30.3 Å². The van der Waals surface area contributed by atoms with Crippen LogP contribution in [0.25, 0.3) is 27.9 Å². The van der Waals surface area contributed by atoms with Gasteiger partial charge in [-0.15, -0.1) is 0 Å². The van der Waals surface area contributed by atoms with Crippen LogP contribution >= 0.6 is 0 Å². The molecule has 0 saturated carbocycles. The lowest BCUT2D eigenvalue weighted by Crippen LogP contribution is -2.24. The van der Waals surface area contributed by atoms with E-state index >= 15 is 0 Å². The number of methoxy groups -OCH3 is 1. The van der Waals surface area contributed by atoms with E-state index in [1.165, 1.54) is 13.2 Å². The molecule has 0 atom stereocenters. The molecular weight excluding hydrogens is 354 g/mol. The topological polar surface area (TPSA) is 62.9 Å². The van der Waals surface area contributed by atoms with Crippen LogP contribution in [0.2, 0.25) is 0 Å². The summed E-state index contributed by atoms with van der Waals surface area (Å²) in [6.45, 7) is 1.57. The van der Waals surface area contributed by atoms with Crippen LogP contribution in [0.4, 0.5) is 0 Å². The van der Waals surface area contributed by atoms with Gasteiger partial charge in [0.15, 0.2) is 5.43 Å². The standard InChI is InChI=1S/C23H23NO4/c1-24-10-8-16(9-11-24)21-17(14-25)12-20(27-2)22-18(26)13-19(28-23(21)22)15-6-4-3-5-7-15/h3-8,12-13,25H,9-11,14H2,1-2H3. The van der Waals surface area contributed by atoms with Crippen LogP contribution in [0, 0.1) is 0 Å². The second-order valence-electron chi connectivity index (χ2n) is 7.06. The molecule has 1 aliphatic rings. The molecule has 0 radical (unpaired) electrons. The van der Waals surface area contributed by atoms with E-state index in [4.69, 9.17) is 9.15 Å². The zero-order valence-electron chi connectivity index (χ0n) is 16.1. The second kappa shape index (κ2) is 7.62. The summed E-state index contributed by atoms with van der Waals surface area (Å²) in [4.78, 5) is 15.2. The number of ether oxygens (including phenoxy) is 1. The summed E-state index contributed by atoms with van der Waals surface area (Å²) in [6.07, 6.45) is 2.96. The Kier molecular flexibility index (Phi) is 5.03. The molecule has 4 rings (SSSR count). The minimum atomic E-state index is -0.159. The highest BCUT2D eigenvalue weighted by molar-refractivity contribution is 5.96. The smallest absolute Gasteiger partial charge is 0.197 e. The summed E-state index contributed by atoms with van der Waals surface area (Å²) in [6, 6.07) is 12.8. The van der Waals surface area contributed by atoms with E-state index in [0.717, 1.165) is 36.2 Å². The van der Waals surface area contributed by atoms with Crippen LogP contribution in [0.3, 0.4) is 0 Å². The van der Waals surface area contributed by atoms with Crippen molar-refractivity contribution in [3.8, 4) is 17.1 Å². The maximum absolute atomic E-state index is 13.0. The Morgan fingerprint density at radius 1 is 1.21 bits per heavy atom. The molecule has 1 aromatic heterocycles. The van der Waals surface area contributed by atoms with Crippen molar-refractivity contribution in [2.75, 3.05) is 27.2 Å². The summed E-state index contributed by atoms with van der Waals surface area (Å²) in [5.41, 5.74) is 3.75. The Morgan fingerprint density at radius 3 is 2.64 bits per heavy atom. The number of benzene rings is 2. The SMILES string of the molecule is COc1cc(CO)c(C2=CCN(C)CC2)c2oc(-c3ccccc3)cc(=O)c12. The number of aliphatic hydroxyl groups is 1. The van der Waals surface area contributed by atoms with Crippen LogP contribution in [0.15, 0.2) is 57.8 Å². The zero-order chi connectivity index (χ0) is 19.7. The average Bonchev–Trinajstić information content (AvgIpc) is 2.73. The van der Waals surface area contributed by atoms with Crippen LogP contribution in [-0.2, 0) is 6.61 Å². The van der Waals surface area contributed by atoms with E-state index in [0.29, 0.717) is 28.0 Å². The molecule has 0 aliphatic carbocycles. The Hall–Kier alpha value is -2.89. The highest BCUT2D eigenvalue weighted by atomic mass is 16.5. The lowest BCUT2D eigenvalue weighted by molar-refractivity contribution is 0.280. The number of rotatable bonds is 4. The third-order valence-electron chi connectivity index (χ3n) is 5.23. The Bertz CT molecular complexity index is 1100. The van der Waals surface area contributed by atoms with E-state index in [2.05, 4.69) is 18.0 Å². The molecule has 3 aromatic rings. The first-order valence-electron chi connectivity index (χ1n) is 9.34. The second-order valence-corrected chi connectivity index (χ2v) is 7.06. The molecule has 1 aliphatic heterocycles. The molecule has 5 heteroatoms. The molecular formula is C23H23NO4. The first-order chi connectivity index (χ1) is 13.6. The predicted molar refractivity (Wildman–Crippen MR) is 110 cm³/mol. The van der Waals surface area contributed by atoms with E-state index < -0.39 is 0 Å². The average molecular weight is 377 g/mol. The third-order valence-corrected chi connectivity index (χ3v) is 5.23.